The summed E-state index contributed by atoms with van der Waals surface area (Å²) in [6.45, 7) is 4.32. The first kappa shape index (κ1) is 12.5. The number of ether oxygens (including phenoxy) is 1. The summed E-state index contributed by atoms with van der Waals surface area (Å²) in [6, 6.07) is 6.96. The summed E-state index contributed by atoms with van der Waals surface area (Å²) in [5.74, 6) is 0.594. The molecular weight excluding hydrogens is 204 g/mol. The van der Waals surface area contributed by atoms with Gasteiger partial charge in [0.05, 0.1) is 0 Å². The van der Waals surface area contributed by atoms with Crippen molar-refractivity contribution in [3.8, 4) is 5.75 Å². The van der Waals surface area contributed by atoms with Crippen LogP contribution in [-0.2, 0) is 4.79 Å². The van der Waals surface area contributed by atoms with Gasteiger partial charge in [-0.1, -0.05) is 26.0 Å². The van der Waals surface area contributed by atoms with Crippen molar-refractivity contribution in [1.29, 1.82) is 0 Å². The smallest absolute Gasteiger partial charge is 0.237 e. The summed E-state index contributed by atoms with van der Waals surface area (Å²) in [7, 11) is 0. The van der Waals surface area contributed by atoms with E-state index in [1.165, 1.54) is 5.56 Å². The van der Waals surface area contributed by atoms with Gasteiger partial charge in [-0.25, -0.2) is 0 Å². The number of benzene rings is 1. The van der Waals surface area contributed by atoms with Gasteiger partial charge in [0, 0.05) is 0 Å². The molecule has 0 fully saturated rings. The molecule has 0 radical (unpaired) electrons. The van der Waals surface area contributed by atoms with E-state index in [9.17, 15) is 4.79 Å². The molecule has 0 aliphatic heterocycles. The van der Waals surface area contributed by atoms with E-state index in [-0.39, 0.29) is 6.61 Å². The van der Waals surface area contributed by atoms with E-state index in [2.05, 4.69) is 13.8 Å². The second-order valence-corrected chi connectivity index (χ2v) is 4.05. The molecule has 0 saturated carbocycles. The van der Waals surface area contributed by atoms with E-state index in [1.807, 2.05) is 24.3 Å². The Kier molecular flexibility index (Phi) is 4.31. The molecule has 4 N–H and O–H groups in total. The molecule has 0 aromatic heterocycles. The second kappa shape index (κ2) is 5.51. The Labute approximate surface area is 95.6 Å². The SMILES string of the molecule is CC(C)c1cccc(OCC(N)C(N)=O)c1. The maximum atomic E-state index is 10.7. The van der Waals surface area contributed by atoms with Crippen molar-refractivity contribution in [2.24, 2.45) is 11.5 Å². The van der Waals surface area contributed by atoms with Crippen LogP contribution < -0.4 is 16.2 Å². The number of primary amides is 1. The summed E-state index contributed by atoms with van der Waals surface area (Å²) < 4.78 is 5.39. The van der Waals surface area contributed by atoms with Crippen molar-refractivity contribution < 1.29 is 9.53 Å². The Morgan fingerprint density at radius 3 is 2.69 bits per heavy atom. The first-order chi connectivity index (χ1) is 7.50. The number of nitrogens with two attached hydrogens (primary N) is 2. The van der Waals surface area contributed by atoms with Gasteiger partial charge in [-0.3, -0.25) is 4.79 Å². The number of hydrogen-bond donors (Lipinski definition) is 2. The van der Waals surface area contributed by atoms with Crippen LogP contribution in [0, 0.1) is 0 Å². The van der Waals surface area contributed by atoms with Crippen LogP contribution in [0.3, 0.4) is 0 Å². The second-order valence-electron chi connectivity index (χ2n) is 4.05. The zero-order valence-corrected chi connectivity index (χ0v) is 9.64. The van der Waals surface area contributed by atoms with Gasteiger partial charge in [-0.05, 0) is 23.6 Å². The zero-order valence-electron chi connectivity index (χ0n) is 9.64. The van der Waals surface area contributed by atoms with E-state index >= 15 is 0 Å². The van der Waals surface area contributed by atoms with Crippen molar-refractivity contribution in [2.75, 3.05) is 6.61 Å². The van der Waals surface area contributed by atoms with Crippen molar-refractivity contribution in [2.45, 2.75) is 25.8 Å². The molecule has 1 atom stereocenters. The topological polar surface area (TPSA) is 78.3 Å². The zero-order chi connectivity index (χ0) is 12.1. The molecule has 4 nitrogen and oxygen atoms in total. The third-order valence-corrected chi connectivity index (χ3v) is 2.32. The highest BCUT2D eigenvalue weighted by Crippen LogP contribution is 2.19. The van der Waals surface area contributed by atoms with Gasteiger partial charge in [0.2, 0.25) is 5.91 Å². The molecule has 0 spiro atoms. The number of carbonyl (C=O) groups excluding carboxylic acids is 1. The quantitative estimate of drug-likeness (QED) is 0.780. The van der Waals surface area contributed by atoms with E-state index < -0.39 is 11.9 Å². The van der Waals surface area contributed by atoms with E-state index in [4.69, 9.17) is 16.2 Å². The van der Waals surface area contributed by atoms with Gasteiger partial charge in [0.25, 0.3) is 0 Å². The highest BCUT2D eigenvalue weighted by atomic mass is 16.5. The third kappa shape index (κ3) is 3.55. The van der Waals surface area contributed by atoms with Gasteiger partial charge in [-0.2, -0.15) is 0 Å². The van der Waals surface area contributed by atoms with Crippen molar-refractivity contribution in [1.82, 2.24) is 0 Å². The number of amides is 1. The Morgan fingerprint density at radius 2 is 2.12 bits per heavy atom. The van der Waals surface area contributed by atoms with Crippen molar-refractivity contribution in [3.05, 3.63) is 29.8 Å². The van der Waals surface area contributed by atoms with Crippen LogP contribution in [0.4, 0.5) is 0 Å². The normalized spacial score (nSPS) is 12.5. The predicted molar refractivity (Wildman–Crippen MR) is 63.2 cm³/mol. The summed E-state index contributed by atoms with van der Waals surface area (Å²) in [6.07, 6.45) is 0. The van der Waals surface area contributed by atoms with Crippen LogP contribution in [0.2, 0.25) is 0 Å². The van der Waals surface area contributed by atoms with Crippen LogP contribution in [0.5, 0.6) is 5.75 Å². The van der Waals surface area contributed by atoms with Crippen LogP contribution in [-0.4, -0.2) is 18.6 Å². The number of hydrogen-bond acceptors (Lipinski definition) is 3. The Hall–Kier alpha value is -1.55. The first-order valence-electron chi connectivity index (χ1n) is 5.28. The predicted octanol–water partition coefficient (Wildman–Crippen LogP) is 1.00. The highest BCUT2D eigenvalue weighted by Gasteiger charge is 2.10. The molecule has 0 aliphatic rings. The molecule has 1 amide bonds. The van der Waals surface area contributed by atoms with E-state index in [0.29, 0.717) is 11.7 Å². The summed E-state index contributed by atoms with van der Waals surface area (Å²) in [5.41, 5.74) is 11.7. The monoisotopic (exact) mass is 222 g/mol. The fourth-order valence-electron chi connectivity index (χ4n) is 1.23. The molecule has 0 heterocycles. The van der Waals surface area contributed by atoms with Crippen molar-refractivity contribution in [3.63, 3.8) is 0 Å². The highest BCUT2D eigenvalue weighted by molar-refractivity contribution is 5.79. The molecule has 16 heavy (non-hydrogen) atoms. The van der Waals surface area contributed by atoms with Crippen LogP contribution in [0.1, 0.15) is 25.3 Å². The third-order valence-electron chi connectivity index (χ3n) is 2.32. The molecule has 1 aromatic carbocycles. The Morgan fingerprint density at radius 1 is 1.44 bits per heavy atom. The number of rotatable bonds is 5. The molecule has 88 valence electrons. The largest absolute Gasteiger partial charge is 0.491 e. The molecule has 1 unspecified atom stereocenters. The minimum Gasteiger partial charge on any atom is -0.491 e. The average Bonchev–Trinajstić information content (AvgIpc) is 2.26. The molecule has 0 bridgehead atoms. The van der Waals surface area contributed by atoms with E-state index in [1.54, 1.807) is 0 Å². The Balaban J connectivity index is 2.60. The van der Waals surface area contributed by atoms with Crippen LogP contribution in [0.15, 0.2) is 24.3 Å². The molecule has 4 heteroatoms. The summed E-state index contributed by atoms with van der Waals surface area (Å²) >= 11 is 0. The lowest BCUT2D eigenvalue weighted by Gasteiger charge is -2.12. The summed E-state index contributed by atoms with van der Waals surface area (Å²) in [4.78, 5) is 10.7. The maximum absolute atomic E-state index is 10.7. The maximum Gasteiger partial charge on any atom is 0.237 e. The lowest BCUT2D eigenvalue weighted by molar-refractivity contribution is -0.119. The lowest BCUT2D eigenvalue weighted by atomic mass is 10.0. The van der Waals surface area contributed by atoms with Gasteiger partial charge in [0.15, 0.2) is 0 Å². The van der Waals surface area contributed by atoms with Gasteiger partial charge in [-0.15, -0.1) is 0 Å². The standard InChI is InChI=1S/C12H18N2O2/c1-8(2)9-4-3-5-10(6-9)16-7-11(13)12(14)15/h3-6,8,11H,7,13H2,1-2H3,(H2,14,15). The minimum atomic E-state index is -0.761. The molecule has 0 aliphatic carbocycles. The van der Waals surface area contributed by atoms with Crippen LogP contribution >= 0.6 is 0 Å². The minimum absolute atomic E-state index is 0.108. The average molecular weight is 222 g/mol. The lowest BCUT2D eigenvalue weighted by Crippen LogP contribution is -2.41. The van der Waals surface area contributed by atoms with Crippen molar-refractivity contribution >= 4 is 5.91 Å². The molecule has 1 rings (SSSR count). The van der Waals surface area contributed by atoms with Gasteiger partial charge >= 0.3 is 0 Å². The summed E-state index contributed by atoms with van der Waals surface area (Å²) in [5, 5.41) is 0. The fourth-order valence-corrected chi connectivity index (χ4v) is 1.23. The molecular formula is C12H18N2O2. The van der Waals surface area contributed by atoms with E-state index in [0.717, 1.165) is 0 Å². The fraction of sp³-hybridized carbons (Fsp3) is 0.417. The number of carbonyl (C=O) groups is 1. The van der Waals surface area contributed by atoms with Gasteiger partial charge < -0.3 is 16.2 Å². The Bertz CT molecular complexity index is 364. The van der Waals surface area contributed by atoms with Crippen LogP contribution in [0.25, 0.3) is 0 Å². The molecule has 0 saturated heterocycles. The first-order valence-corrected chi connectivity index (χ1v) is 5.28. The van der Waals surface area contributed by atoms with Gasteiger partial charge in [0.1, 0.15) is 18.4 Å². The molecule has 1 aromatic rings.